The van der Waals surface area contributed by atoms with Crippen molar-refractivity contribution in [2.75, 3.05) is 13.7 Å². The minimum atomic E-state index is -1.43. The Kier molecular flexibility index (Phi) is 9.51. The Morgan fingerprint density at radius 3 is 2.62 bits per heavy atom. The van der Waals surface area contributed by atoms with Crippen molar-refractivity contribution in [2.24, 2.45) is 5.92 Å². The second-order valence-electron chi connectivity index (χ2n) is 12.9. The van der Waals surface area contributed by atoms with Crippen LogP contribution < -0.4 is 15.4 Å². The number of carboxylic acid groups (broad SMARTS) is 1. The number of methoxy groups -OCH3 is 1. The van der Waals surface area contributed by atoms with Gasteiger partial charge >= 0.3 is 5.97 Å². The van der Waals surface area contributed by atoms with Gasteiger partial charge in [0.2, 0.25) is 11.8 Å². The Hall–Kier alpha value is -4.89. The highest BCUT2D eigenvalue weighted by Gasteiger charge is 2.61. The van der Waals surface area contributed by atoms with Gasteiger partial charge in [0.05, 0.1) is 18.7 Å². The fraction of sp³-hybridized carbons (Fsp3) is 0.400. The molecule has 0 radical (unpaired) electrons. The average Bonchev–Trinajstić information content (AvgIpc) is 3.77. The van der Waals surface area contributed by atoms with Crippen LogP contribution in [0.5, 0.6) is 5.75 Å². The first-order valence-corrected chi connectivity index (χ1v) is 18.5. The molecule has 0 bridgehead atoms. The Labute approximate surface area is 296 Å². The number of benzene rings is 1. The summed E-state index contributed by atoms with van der Waals surface area (Å²) in [6.45, 7) is 0.0825. The number of allylic oxidation sites excluding steroid dienone is 1. The number of amides is 3. The monoisotopic (exact) mass is 715 g/mol. The second-order valence-corrected chi connectivity index (χ2v) is 14.5. The van der Waals surface area contributed by atoms with Crippen molar-refractivity contribution >= 4 is 46.4 Å². The number of carbonyl (C=O) groups excluding carboxylic acids is 3. The van der Waals surface area contributed by atoms with Crippen LogP contribution in [-0.4, -0.2) is 85.0 Å². The van der Waals surface area contributed by atoms with Crippen LogP contribution in [0.4, 0.5) is 0 Å². The lowest BCUT2D eigenvalue weighted by Crippen LogP contribution is -2.56. The number of nitrogens with one attached hydrogen (secondary N) is 2. The first kappa shape index (κ1) is 33.6. The van der Waals surface area contributed by atoms with Crippen molar-refractivity contribution in [3.63, 3.8) is 0 Å². The van der Waals surface area contributed by atoms with Crippen LogP contribution in [0.15, 0.2) is 64.8 Å². The van der Waals surface area contributed by atoms with Gasteiger partial charge in [-0.3, -0.25) is 14.4 Å². The molecule has 260 valence electrons. The number of rotatable bonds is 7. The number of carbonyl (C=O) groups is 4. The summed E-state index contributed by atoms with van der Waals surface area (Å²) in [5.74, 6) is -2.07. The maximum atomic E-state index is 14.5. The van der Waals surface area contributed by atoms with Crippen molar-refractivity contribution in [2.45, 2.75) is 68.6 Å². The van der Waals surface area contributed by atoms with Crippen LogP contribution in [0, 0.1) is 5.92 Å². The van der Waals surface area contributed by atoms with E-state index in [9.17, 15) is 24.3 Å². The van der Waals surface area contributed by atoms with Gasteiger partial charge in [-0.2, -0.15) is 21.2 Å². The third-order valence-corrected chi connectivity index (χ3v) is 11.1. The minimum Gasteiger partial charge on any atom is -0.497 e. The fourth-order valence-corrected chi connectivity index (χ4v) is 8.05. The zero-order chi connectivity index (χ0) is 34.8. The summed E-state index contributed by atoms with van der Waals surface area (Å²) in [5, 5.41) is 31.7. The van der Waals surface area contributed by atoms with Crippen molar-refractivity contribution in [3.8, 4) is 27.7 Å². The normalized spacial score (nSPS) is 26.1. The molecule has 15 heteroatoms. The lowest BCUT2D eigenvalue weighted by Gasteiger charge is -2.29. The standard InChI is InChI=1S/C35H37N7O6S2/c1-48-25-11-9-21(10-12-25)28-29(32-36-14-16-50-32)40-42(39-28)24-17-27-31(44)38-35(34(46)47)18-23(35)7-5-3-2-4-6-8-26(33(45)41(27)19-24)37-30(43)22-13-15-49-20-22/h5,7,9-16,20,23-24,26-27H,2-4,6,8,17-19H2,1H3,(H,37,43)(H,38,44)(H,46,47)/b7-5-/t23-,24+,26-,27-,35+/m0/s1. The summed E-state index contributed by atoms with van der Waals surface area (Å²) < 4.78 is 5.34. The molecule has 13 nitrogen and oxygen atoms in total. The molecule has 5 heterocycles. The predicted octanol–water partition coefficient (Wildman–Crippen LogP) is 4.56. The van der Waals surface area contributed by atoms with Gasteiger partial charge in [0.25, 0.3) is 5.91 Å². The molecule has 0 unspecified atom stereocenters. The van der Waals surface area contributed by atoms with E-state index in [2.05, 4.69) is 15.6 Å². The summed E-state index contributed by atoms with van der Waals surface area (Å²) in [5.41, 5.74) is 0.958. The molecule has 3 aromatic heterocycles. The molecule has 1 aliphatic carbocycles. The largest absolute Gasteiger partial charge is 0.497 e. The van der Waals surface area contributed by atoms with Gasteiger partial charge in [-0.05, 0) is 61.4 Å². The van der Waals surface area contributed by atoms with E-state index in [4.69, 9.17) is 14.9 Å². The fourth-order valence-electron chi connectivity index (χ4n) is 6.79. The molecule has 3 aliphatic rings. The van der Waals surface area contributed by atoms with E-state index >= 15 is 0 Å². The topological polar surface area (TPSA) is 169 Å². The van der Waals surface area contributed by atoms with Crippen LogP contribution >= 0.6 is 22.7 Å². The molecule has 2 aliphatic heterocycles. The van der Waals surface area contributed by atoms with Crippen LogP contribution in [0.25, 0.3) is 22.0 Å². The highest BCUT2D eigenvalue weighted by Crippen LogP contribution is 2.46. The van der Waals surface area contributed by atoms with Gasteiger partial charge in [0.1, 0.15) is 39.8 Å². The van der Waals surface area contributed by atoms with Crippen LogP contribution in [0.1, 0.15) is 61.3 Å². The molecule has 1 aromatic carbocycles. The number of aliphatic carboxylic acids is 1. The summed E-state index contributed by atoms with van der Waals surface area (Å²) in [4.78, 5) is 61.8. The molecular weight excluding hydrogens is 679 g/mol. The van der Waals surface area contributed by atoms with E-state index in [0.717, 1.165) is 24.8 Å². The Bertz CT molecular complexity index is 1890. The number of thiophene rings is 1. The molecule has 3 amide bonds. The molecule has 7 rings (SSSR count). The molecule has 1 saturated carbocycles. The van der Waals surface area contributed by atoms with Crippen LogP contribution in [0.2, 0.25) is 0 Å². The molecular formula is C35H37N7O6S2. The van der Waals surface area contributed by atoms with E-state index in [1.807, 2.05) is 41.8 Å². The molecule has 1 saturated heterocycles. The van der Waals surface area contributed by atoms with Gasteiger partial charge in [-0.1, -0.05) is 25.0 Å². The number of hydrogen-bond acceptors (Lipinski definition) is 10. The number of nitrogens with zero attached hydrogens (tertiary/aromatic N) is 5. The Balaban J connectivity index is 1.24. The van der Waals surface area contributed by atoms with E-state index in [0.29, 0.717) is 40.6 Å². The Morgan fingerprint density at radius 2 is 1.90 bits per heavy atom. The summed E-state index contributed by atoms with van der Waals surface area (Å²) in [6, 6.07) is 6.70. The highest BCUT2D eigenvalue weighted by atomic mass is 32.1. The predicted molar refractivity (Wildman–Crippen MR) is 187 cm³/mol. The third-order valence-electron chi connectivity index (χ3n) is 9.68. The number of aromatic nitrogens is 4. The number of carboxylic acids is 1. The van der Waals surface area contributed by atoms with E-state index in [1.54, 1.807) is 30.1 Å². The van der Waals surface area contributed by atoms with Gasteiger partial charge in [0, 0.05) is 41.4 Å². The smallest absolute Gasteiger partial charge is 0.330 e. The van der Waals surface area contributed by atoms with E-state index in [-0.39, 0.29) is 31.2 Å². The van der Waals surface area contributed by atoms with Gasteiger partial charge in [0.15, 0.2) is 0 Å². The second kappa shape index (κ2) is 14.2. The SMILES string of the molecule is COc1ccc(-c2nn([C@@H]3C[C@H]4C(=O)N[C@]5(C(=O)O)C[C@@H]5/C=C\CCCCC[C@H](NC(=O)c5ccsc5)C(=O)N4C3)nc2-c2nccs2)cc1. The minimum absolute atomic E-state index is 0.0825. The lowest BCUT2D eigenvalue weighted by molar-refractivity contribution is -0.145. The number of hydrogen-bond donors (Lipinski definition) is 3. The molecule has 4 aromatic rings. The maximum absolute atomic E-state index is 14.5. The number of thiazole rings is 1. The van der Waals surface area contributed by atoms with E-state index in [1.165, 1.54) is 32.4 Å². The first-order chi connectivity index (χ1) is 24.3. The zero-order valence-electron chi connectivity index (χ0n) is 27.4. The van der Waals surface area contributed by atoms with Crippen molar-refractivity contribution in [1.29, 1.82) is 0 Å². The molecule has 5 atom stereocenters. The lowest BCUT2D eigenvalue weighted by atomic mass is 10.0. The summed E-state index contributed by atoms with van der Waals surface area (Å²) in [6.07, 6.45) is 9.49. The highest BCUT2D eigenvalue weighted by molar-refractivity contribution is 7.13. The number of ether oxygens (including phenoxy) is 1. The Morgan fingerprint density at radius 1 is 1.08 bits per heavy atom. The zero-order valence-corrected chi connectivity index (χ0v) is 29.0. The number of fused-ring (bicyclic) bond motifs is 2. The molecule has 0 spiro atoms. The van der Waals surface area contributed by atoms with Gasteiger partial charge in [-0.15, -0.1) is 16.4 Å². The quantitative estimate of drug-likeness (QED) is 0.232. The van der Waals surface area contributed by atoms with Crippen molar-refractivity contribution < 1.29 is 29.0 Å². The summed E-state index contributed by atoms with van der Waals surface area (Å²) in [7, 11) is 1.59. The van der Waals surface area contributed by atoms with Gasteiger partial charge in [-0.25, -0.2) is 9.78 Å². The van der Waals surface area contributed by atoms with Gasteiger partial charge < -0.3 is 25.4 Å². The molecule has 2 fully saturated rings. The van der Waals surface area contributed by atoms with Crippen LogP contribution in [0.3, 0.4) is 0 Å². The average molecular weight is 716 g/mol. The van der Waals surface area contributed by atoms with E-state index < -0.39 is 41.4 Å². The van der Waals surface area contributed by atoms with Crippen molar-refractivity contribution in [3.05, 3.63) is 70.4 Å². The van der Waals surface area contributed by atoms with Crippen LogP contribution in [-0.2, 0) is 14.4 Å². The maximum Gasteiger partial charge on any atom is 0.330 e. The molecule has 50 heavy (non-hydrogen) atoms. The third kappa shape index (κ3) is 6.66. The summed E-state index contributed by atoms with van der Waals surface area (Å²) >= 11 is 2.81. The molecule has 3 N–H and O–H groups in total. The van der Waals surface area contributed by atoms with Crippen molar-refractivity contribution in [1.82, 2.24) is 35.5 Å². The first-order valence-electron chi connectivity index (χ1n) is 16.6.